The second-order valence-corrected chi connectivity index (χ2v) is 8.39. The highest BCUT2D eigenvalue weighted by atomic mass is 19.1. The van der Waals surface area contributed by atoms with Gasteiger partial charge < -0.3 is 4.90 Å². The Morgan fingerprint density at radius 3 is 2.54 bits per heavy atom. The van der Waals surface area contributed by atoms with Crippen molar-refractivity contribution < 1.29 is 9.18 Å². The quantitative estimate of drug-likeness (QED) is 0.746. The third-order valence-corrected chi connectivity index (χ3v) is 6.31. The largest absolute Gasteiger partial charge is 0.342 e. The van der Waals surface area contributed by atoms with Crippen molar-refractivity contribution in [3.05, 3.63) is 64.7 Å². The van der Waals surface area contributed by atoms with E-state index >= 15 is 0 Å². The number of hydrogen-bond donors (Lipinski definition) is 0. The lowest BCUT2D eigenvalue weighted by atomic mass is 9.90. The van der Waals surface area contributed by atoms with E-state index in [0.717, 1.165) is 61.3 Å². The Balaban J connectivity index is 1.43. The fraction of sp³-hybridized carbons (Fsp3) is 0.500. The van der Waals surface area contributed by atoms with E-state index in [1.165, 1.54) is 18.9 Å². The molecule has 1 saturated heterocycles. The first kappa shape index (κ1) is 19.1. The highest BCUT2D eigenvalue weighted by molar-refractivity contribution is 5.79. The van der Waals surface area contributed by atoms with Crippen LogP contribution in [0.4, 0.5) is 4.39 Å². The molecule has 2 aromatic rings. The van der Waals surface area contributed by atoms with Crippen LogP contribution in [0.5, 0.6) is 0 Å². The normalized spacial score (nSPS) is 18.6. The van der Waals surface area contributed by atoms with E-state index in [1.54, 1.807) is 6.07 Å². The van der Waals surface area contributed by atoms with Crippen molar-refractivity contribution >= 4 is 5.91 Å². The summed E-state index contributed by atoms with van der Waals surface area (Å²) in [5.74, 6) is 0.860. The van der Waals surface area contributed by atoms with Gasteiger partial charge in [-0.3, -0.25) is 9.78 Å². The first-order valence-corrected chi connectivity index (χ1v) is 10.6. The van der Waals surface area contributed by atoms with Crippen LogP contribution < -0.4 is 0 Å². The average Bonchev–Trinajstić information content (AvgIpc) is 3.24. The summed E-state index contributed by atoms with van der Waals surface area (Å²) in [5.41, 5.74) is 3.90. The second-order valence-electron chi connectivity index (χ2n) is 8.39. The van der Waals surface area contributed by atoms with Crippen LogP contribution >= 0.6 is 0 Å². The SMILES string of the molecule is Cc1cc(Cc2ccccc2F)cc(C2CCN(C(=O)C3CCCC3)CC2)n1. The van der Waals surface area contributed by atoms with E-state index in [9.17, 15) is 9.18 Å². The van der Waals surface area contributed by atoms with Gasteiger partial charge in [-0.25, -0.2) is 4.39 Å². The Labute approximate surface area is 167 Å². The maximum absolute atomic E-state index is 14.0. The lowest BCUT2D eigenvalue weighted by Gasteiger charge is -2.33. The van der Waals surface area contributed by atoms with E-state index in [0.29, 0.717) is 18.2 Å². The number of pyridine rings is 1. The Hall–Kier alpha value is -2.23. The molecule has 0 spiro atoms. The van der Waals surface area contributed by atoms with Crippen LogP contribution in [-0.4, -0.2) is 28.9 Å². The van der Waals surface area contributed by atoms with Gasteiger partial charge in [-0.2, -0.15) is 0 Å². The molecule has 0 radical (unpaired) electrons. The van der Waals surface area contributed by atoms with Gasteiger partial charge in [-0.1, -0.05) is 31.0 Å². The van der Waals surface area contributed by atoms with Crippen molar-refractivity contribution in [2.24, 2.45) is 5.92 Å². The van der Waals surface area contributed by atoms with Crippen LogP contribution in [0, 0.1) is 18.7 Å². The minimum atomic E-state index is -0.155. The number of benzene rings is 1. The zero-order valence-electron chi connectivity index (χ0n) is 16.7. The van der Waals surface area contributed by atoms with Gasteiger partial charge in [0.25, 0.3) is 0 Å². The molecule has 1 aliphatic carbocycles. The van der Waals surface area contributed by atoms with Crippen LogP contribution in [0.3, 0.4) is 0 Å². The summed E-state index contributed by atoms with van der Waals surface area (Å²) < 4.78 is 14.0. The molecule has 2 fully saturated rings. The van der Waals surface area contributed by atoms with Crippen molar-refractivity contribution in [2.45, 2.75) is 57.8 Å². The number of rotatable bonds is 4. The minimum absolute atomic E-state index is 0.155. The number of hydrogen-bond acceptors (Lipinski definition) is 2. The lowest BCUT2D eigenvalue weighted by molar-refractivity contribution is -0.136. The zero-order valence-corrected chi connectivity index (χ0v) is 16.7. The molecule has 148 valence electrons. The number of aryl methyl sites for hydroxylation is 1. The molecule has 1 amide bonds. The van der Waals surface area contributed by atoms with Crippen molar-refractivity contribution in [3.63, 3.8) is 0 Å². The zero-order chi connectivity index (χ0) is 19.5. The molecule has 1 aromatic carbocycles. The first-order chi connectivity index (χ1) is 13.6. The smallest absolute Gasteiger partial charge is 0.225 e. The molecule has 0 atom stereocenters. The first-order valence-electron chi connectivity index (χ1n) is 10.6. The van der Waals surface area contributed by atoms with Crippen LogP contribution in [-0.2, 0) is 11.2 Å². The molecule has 1 aliphatic heterocycles. The highest BCUT2D eigenvalue weighted by Crippen LogP contribution is 2.32. The van der Waals surface area contributed by atoms with Gasteiger partial charge in [0, 0.05) is 42.7 Å². The Morgan fingerprint density at radius 1 is 1.11 bits per heavy atom. The van der Waals surface area contributed by atoms with Gasteiger partial charge in [0.05, 0.1) is 0 Å². The van der Waals surface area contributed by atoms with Gasteiger partial charge >= 0.3 is 0 Å². The number of piperidine rings is 1. The summed E-state index contributed by atoms with van der Waals surface area (Å²) in [4.78, 5) is 19.5. The summed E-state index contributed by atoms with van der Waals surface area (Å²) in [6.45, 7) is 3.67. The number of nitrogens with zero attached hydrogens (tertiary/aromatic N) is 2. The molecule has 0 unspecified atom stereocenters. The number of amides is 1. The third-order valence-electron chi connectivity index (χ3n) is 6.31. The maximum Gasteiger partial charge on any atom is 0.225 e. The van der Waals surface area contributed by atoms with Crippen molar-refractivity contribution in [1.29, 1.82) is 0 Å². The van der Waals surface area contributed by atoms with Crippen LogP contribution in [0.2, 0.25) is 0 Å². The standard InChI is InChI=1S/C24H29FN2O/c1-17-14-18(15-21-8-4-5-9-22(21)25)16-23(26-17)19-10-12-27(13-11-19)24(28)20-6-2-3-7-20/h4-5,8-9,14,16,19-20H,2-3,6-7,10-13,15H2,1H3. The van der Waals surface area contributed by atoms with Gasteiger partial charge in [-0.05, 0) is 61.9 Å². The highest BCUT2D eigenvalue weighted by Gasteiger charge is 2.30. The Bertz CT molecular complexity index is 836. The summed E-state index contributed by atoms with van der Waals surface area (Å²) in [7, 11) is 0. The predicted molar refractivity (Wildman–Crippen MR) is 109 cm³/mol. The molecule has 1 aromatic heterocycles. The number of likely N-dealkylation sites (tertiary alicyclic amines) is 1. The second kappa shape index (κ2) is 8.42. The number of carbonyl (C=O) groups excluding carboxylic acids is 1. The number of carbonyl (C=O) groups is 1. The van der Waals surface area contributed by atoms with Crippen LogP contribution in [0.1, 0.15) is 67.0 Å². The number of aromatic nitrogens is 1. The topological polar surface area (TPSA) is 33.2 Å². The van der Waals surface area contributed by atoms with Crippen molar-refractivity contribution in [2.75, 3.05) is 13.1 Å². The van der Waals surface area contributed by atoms with Crippen LogP contribution in [0.15, 0.2) is 36.4 Å². The van der Waals surface area contributed by atoms with Crippen molar-refractivity contribution in [1.82, 2.24) is 9.88 Å². The average molecular weight is 381 g/mol. The molecule has 0 bridgehead atoms. The molecule has 0 N–H and O–H groups in total. The Morgan fingerprint density at radius 2 is 1.82 bits per heavy atom. The summed E-state index contributed by atoms with van der Waals surface area (Å²) in [5, 5.41) is 0. The molecule has 4 heteroatoms. The van der Waals surface area contributed by atoms with Crippen molar-refractivity contribution in [3.8, 4) is 0 Å². The summed E-state index contributed by atoms with van der Waals surface area (Å²) in [6, 6.07) is 11.2. The van der Waals surface area contributed by atoms with E-state index < -0.39 is 0 Å². The molecule has 2 aliphatic rings. The van der Waals surface area contributed by atoms with E-state index in [4.69, 9.17) is 4.98 Å². The molecule has 4 rings (SSSR count). The molecular formula is C24H29FN2O. The van der Waals surface area contributed by atoms with Gasteiger partial charge in [-0.15, -0.1) is 0 Å². The minimum Gasteiger partial charge on any atom is -0.342 e. The monoisotopic (exact) mass is 380 g/mol. The fourth-order valence-electron chi connectivity index (χ4n) is 4.77. The summed E-state index contributed by atoms with van der Waals surface area (Å²) >= 11 is 0. The van der Waals surface area contributed by atoms with E-state index in [1.807, 2.05) is 19.1 Å². The maximum atomic E-state index is 14.0. The predicted octanol–water partition coefficient (Wildman–Crippen LogP) is 5.02. The van der Waals surface area contributed by atoms with E-state index in [-0.39, 0.29) is 11.7 Å². The van der Waals surface area contributed by atoms with E-state index in [2.05, 4.69) is 17.0 Å². The molecule has 28 heavy (non-hydrogen) atoms. The van der Waals surface area contributed by atoms with Gasteiger partial charge in [0.15, 0.2) is 0 Å². The fourth-order valence-corrected chi connectivity index (χ4v) is 4.77. The number of halogens is 1. The molecular weight excluding hydrogens is 351 g/mol. The van der Waals surface area contributed by atoms with Gasteiger partial charge in [0.1, 0.15) is 5.82 Å². The summed E-state index contributed by atoms with van der Waals surface area (Å²) in [6.07, 6.45) is 7.05. The third kappa shape index (κ3) is 4.26. The van der Waals surface area contributed by atoms with Crippen LogP contribution in [0.25, 0.3) is 0 Å². The lowest BCUT2D eigenvalue weighted by Crippen LogP contribution is -2.40. The molecule has 2 heterocycles. The Kier molecular flexibility index (Phi) is 5.74. The molecule has 3 nitrogen and oxygen atoms in total. The molecule has 1 saturated carbocycles. The van der Waals surface area contributed by atoms with Gasteiger partial charge in [0.2, 0.25) is 5.91 Å².